The molecule has 0 aromatic carbocycles. The molecule has 0 spiro atoms. The first-order chi connectivity index (χ1) is 5.02. The summed E-state index contributed by atoms with van der Waals surface area (Å²) in [4.78, 5) is 1.19. The van der Waals surface area contributed by atoms with Gasteiger partial charge < -0.3 is 4.90 Å². The highest BCUT2D eigenvalue weighted by Gasteiger charge is 1.83. The van der Waals surface area contributed by atoms with E-state index in [9.17, 15) is 0 Å². The molecule has 0 saturated carbocycles. The third-order valence-corrected chi connectivity index (χ3v) is 0.782. The van der Waals surface area contributed by atoms with Crippen molar-refractivity contribution in [1.82, 2.24) is 4.90 Å². The zero-order valence-electron chi connectivity index (χ0n) is 8.78. The Bertz CT molecular complexity index is 101. The van der Waals surface area contributed by atoms with Crippen molar-refractivity contribution in [2.24, 2.45) is 0 Å². The molecule has 1 nitrogen and oxygen atoms in total. The molecular formula is C6H15N. The average Bonchev–Trinajstić information content (AvgIpc) is 1.87. The third kappa shape index (κ3) is 5.96. The predicted octanol–water partition coefficient (Wildman–Crippen LogP) is 1.35. The van der Waals surface area contributed by atoms with Crippen molar-refractivity contribution < 1.29 is 5.48 Å². The Hall–Kier alpha value is -0.0400. The van der Waals surface area contributed by atoms with Gasteiger partial charge in [-0.1, -0.05) is 13.3 Å². The van der Waals surface area contributed by atoms with E-state index in [2.05, 4.69) is 0 Å². The first kappa shape index (κ1) is 2.49. The molecule has 0 amide bonds. The highest BCUT2D eigenvalue weighted by atomic mass is 15.0. The summed E-state index contributed by atoms with van der Waals surface area (Å²) >= 11 is 0. The van der Waals surface area contributed by atoms with E-state index in [1.165, 1.54) is 4.90 Å². The summed E-state index contributed by atoms with van der Waals surface area (Å²) in [6.45, 7) is 0.412. The summed E-state index contributed by atoms with van der Waals surface area (Å²) in [5, 5.41) is 0. The molecule has 0 aliphatic rings. The number of hydrogen-bond donors (Lipinski definition) is 0. The zero-order chi connectivity index (χ0) is 8.91. The molecule has 7 heavy (non-hydrogen) atoms. The molecule has 0 unspecified atom stereocenters. The lowest BCUT2D eigenvalue weighted by atomic mass is 10.3. The van der Waals surface area contributed by atoms with Crippen LogP contribution in [-0.2, 0) is 0 Å². The van der Waals surface area contributed by atoms with Crippen molar-refractivity contribution in [1.29, 1.82) is 0 Å². The minimum atomic E-state index is -2.09. The number of nitrogens with zero attached hydrogens (tertiary/aromatic N) is 1. The normalized spacial score (nSPS) is 20.3. The van der Waals surface area contributed by atoms with Gasteiger partial charge in [0.2, 0.25) is 0 Å². The van der Waals surface area contributed by atoms with E-state index < -0.39 is 6.98 Å². The van der Waals surface area contributed by atoms with E-state index in [-0.39, 0.29) is 7.02 Å². The van der Waals surface area contributed by atoms with E-state index in [0.717, 1.165) is 12.8 Å². The van der Waals surface area contributed by atoms with Crippen LogP contribution in [0.3, 0.4) is 0 Å². The second kappa shape index (κ2) is 4.13. The topological polar surface area (TPSA) is 3.24 Å². The van der Waals surface area contributed by atoms with Crippen LogP contribution in [0.25, 0.3) is 0 Å². The molecule has 0 rings (SSSR count). The molecule has 0 aliphatic carbocycles. The SMILES string of the molecule is [2H]CN(CCCC)C([2H])([2H])[2H]. The lowest BCUT2D eigenvalue weighted by molar-refractivity contribution is 0.398. The van der Waals surface area contributed by atoms with Gasteiger partial charge in [0.15, 0.2) is 0 Å². The average molecular weight is 105 g/mol. The van der Waals surface area contributed by atoms with Crippen LogP contribution in [0.4, 0.5) is 0 Å². The largest absolute Gasteiger partial charge is 0.309 e. The number of rotatable bonds is 3. The molecule has 0 N–H and O–H groups in total. The summed E-state index contributed by atoms with van der Waals surface area (Å²) in [6, 6.07) is 0. The van der Waals surface area contributed by atoms with Crippen molar-refractivity contribution in [3.05, 3.63) is 0 Å². The van der Waals surface area contributed by atoms with Gasteiger partial charge in [0.05, 0.1) is 0 Å². The molecule has 0 heterocycles. The van der Waals surface area contributed by atoms with Crippen LogP contribution in [0.1, 0.15) is 25.2 Å². The van der Waals surface area contributed by atoms with E-state index in [1.807, 2.05) is 6.92 Å². The lowest BCUT2D eigenvalue weighted by Crippen LogP contribution is -2.12. The summed E-state index contributed by atoms with van der Waals surface area (Å²) in [6.07, 6.45) is 1.81. The Balaban J connectivity index is 3.76. The fraction of sp³-hybridized carbons (Fsp3) is 1.00. The highest BCUT2D eigenvalue weighted by Crippen LogP contribution is 1.86. The fourth-order valence-electron chi connectivity index (χ4n) is 0.349. The summed E-state index contributed by atoms with van der Waals surface area (Å²) in [5.41, 5.74) is 0. The maximum Gasteiger partial charge on any atom is 0.0394 e. The second-order valence-electron chi connectivity index (χ2n) is 1.62. The van der Waals surface area contributed by atoms with Gasteiger partial charge in [0, 0.05) is 5.48 Å². The van der Waals surface area contributed by atoms with E-state index >= 15 is 0 Å². The van der Waals surface area contributed by atoms with Crippen molar-refractivity contribution in [3.8, 4) is 0 Å². The summed E-state index contributed by atoms with van der Waals surface area (Å²) in [5.74, 6) is 0. The van der Waals surface area contributed by atoms with Gasteiger partial charge in [-0.25, -0.2) is 0 Å². The van der Waals surface area contributed by atoms with Crippen molar-refractivity contribution >= 4 is 0 Å². The van der Waals surface area contributed by atoms with Crippen molar-refractivity contribution in [3.63, 3.8) is 0 Å². The van der Waals surface area contributed by atoms with Crippen LogP contribution in [0, 0.1) is 0 Å². The molecule has 0 aliphatic heterocycles. The van der Waals surface area contributed by atoms with Gasteiger partial charge in [-0.05, 0) is 27.0 Å². The molecular weight excluding hydrogens is 86.1 g/mol. The van der Waals surface area contributed by atoms with E-state index in [1.54, 1.807) is 0 Å². The molecule has 1 heteroatoms. The summed E-state index contributed by atoms with van der Waals surface area (Å²) < 4.78 is 28.0. The zero-order valence-corrected chi connectivity index (χ0v) is 4.78. The van der Waals surface area contributed by atoms with Crippen molar-refractivity contribution in [2.45, 2.75) is 19.8 Å². The van der Waals surface area contributed by atoms with Gasteiger partial charge >= 0.3 is 0 Å². The maximum atomic E-state index is 7.01. The van der Waals surface area contributed by atoms with Gasteiger partial charge in [0.1, 0.15) is 0 Å². The van der Waals surface area contributed by atoms with Crippen LogP contribution in [-0.4, -0.2) is 25.4 Å². The Morgan fingerprint density at radius 2 is 2.57 bits per heavy atom. The molecule has 0 radical (unpaired) electrons. The third-order valence-electron chi connectivity index (χ3n) is 0.782. The standard InChI is InChI=1S/C6H15N/c1-4-5-6-7(2)3/h4-6H2,1-3H3/i2D,3D3. The predicted molar refractivity (Wildman–Crippen MR) is 33.5 cm³/mol. The minimum Gasteiger partial charge on any atom is -0.309 e. The maximum absolute atomic E-state index is 7.01. The number of hydrogen-bond acceptors (Lipinski definition) is 1. The van der Waals surface area contributed by atoms with Gasteiger partial charge in [-0.15, -0.1) is 0 Å². The lowest BCUT2D eigenvalue weighted by Gasteiger charge is -2.05. The molecule has 0 aromatic rings. The van der Waals surface area contributed by atoms with Gasteiger partial charge in [0.25, 0.3) is 0 Å². The first-order valence-electron chi connectivity index (χ1n) is 4.77. The van der Waals surface area contributed by atoms with E-state index in [4.69, 9.17) is 5.48 Å². The van der Waals surface area contributed by atoms with Gasteiger partial charge in [-0.3, -0.25) is 0 Å². The fourth-order valence-corrected chi connectivity index (χ4v) is 0.349. The van der Waals surface area contributed by atoms with Crippen molar-refractivity contribution in [2.75, 3.05) is 20.5 Å². The highest BCUT2D eigenvalue weighted by molar-refractivity contribution is 4.39. The first-order valence-corrected chi connectivity index (χ1v) is 2.56. The van der Waals surface area contributed by atoms with Crippen LogP contribution < -0.4 is 0 Å². The quantitative estimate of drug-likeness (QED) is 0.523. The smallest absolute Gasteiger partial charge is 0.0394 e. The molecule has 0 saturated heterocycles. The van der Waals surface area contributed by atoms with Crippen LogP contribution >= 0.6 is 0 Å². The molecule has 0 aromatic heterocycles. The minimum absolute atomic E-state index is 0.142. The Labute approximate surface area is 51.9 Å². The monoisotopic (exact) mass is 105 g/mol. The Morgan fingerprint density at radius 3 is 3.00 bits per heavy atom. The van der Waals surface area contributed by atoms with Crippen LogP contribution in [0.2, 0.25) is 0 Å². The molecule has 0 fully saturated rings. The molecule has 44 valence electrons. The number of unbranched alkanes of at least 4 members (excludes halogenated alkanes) is 1. The second-order valence-corrected chi connectivity index (χ2v) is 1.62. The van der Waals surface area contributed by atoms with Gasteiger partial charge in [-0.2, -0.15) is 0 Å². The van der Waals surface area contributed by atoms with Crippen LogP contribution in [0.15, 0.2) is 0 Å². The molecule has 0 bridgehead atoms. The van der Waals surface area contributed by atoms with Crippen LogP contribution in [0.5, 0.6) is 0 Å². The van der Waals surface area contributed by atoms with E-state index in [0.29, 0.717) is 6.54 Å². The molecule has 0 atom stereocenters. The Kier molecular flexibility index (Phi) is 1.47. The summed E-state index contributed by atoms with van der Waals surface area (Å²) in [7, 11) is -0.142. The Morgan fingerprint density at radius 1 is 1.71 bits per heavy atom.